The van der Waals surface area contributed by atoms with Gasteiger partial charge in [0.05, 0.1) is 12.1 Å². The van der Waals surface area contributed by atoms with Crippen LogP contribution in [-0.4, -0.2) is 18.3 Å². The van der Waals surface area contributed by atoms with Crippen LogP contribution in [-0.2, 0) is 6.54 Å². The summed E-state index contributed by atoms with van der Waals surface area (Å²) in [5, 5.41) is 12.0. The number of halogens is 2. The molecule has 0 fully saturated rings. The molecule has 0 aliphatic rings. The average molecular weight is 295 g/mol. The maximum atomic E-state index is 13.6. The van der Waals surface area contributed by atoms with Crippen molar-refractivity contribution < 1.29 is 18.3 Å². The Morgan fingerprint density at radius 1 is 1.19 bits per heavy atom. The lowest BCUT2D eigenvalue weighted by molar-refractivity contribution is 0.259. The zero-order chi connectivity index (χ0) is 15.2. The Bertz CT molecular complexity index is 563. The van der Waals surface area contributed by atoms with Gasteiger partial charge < -0.3 is 14.8 Å². The number of aliphatic hydroxyl groups is 1. The molecule has 0 amide bonds. The van der Waals surface area contributed by atoms with Crippen LogP contribution in [0.15, 0.2) is 34.7 Å². The van der Waals surface area contributed by atoms with Gasteiger partial charge in [0.25, 0.3) is 0 Å². The fourth-order valence-electron chi connectivity index (χ4n) is 2.10. The first-order valence-electron chi connectivity index (χ1n) is 6.96. The molecule has 0 spiro atoms. The molecule has 1 atom stereocenters. The van der Waals surface area contributed by atoms with Gasteiger partial charge in [0.15, 0.2) is 0 Å². The van der Waals surface area contributed by atoms with E-state index >= 15 is 0 Å². The molecule has 0 radical (unpaired) electrons. The molecule has 1 unspecified atom stereocenters. The molecule has 0 bridgehead atoms. The van der Waals surface area contributed by atoms with Gasteiger partial charge in [-0.05, 0) is 43.1 Å². The lowest BCUT2D eigenvalue weighted by Gasteiger charge is -2.09. The van der Waals surface area contributed by atoms with Gasteiger partial charge in [-0.25, -0.2) is 8.78 Å². The van der Waals surface area contributed by atoms with Gasteiger partial charge in [-0.3, -0.25) is 0 Å². The van der Waals surface area contributed by atoms with Gasteiger partial charge in [0.2, 0.25) is 0 Å². The van der Waals surface area contributed by atoms with Gasteiger partial charge in [0, 0.05) is 6.61 Å². The second-order valence-corrected chi connectivity index (χ2v) is 5.11. The molecule has 1 heterocycles. The van der Waals surface area contributed by atoms with Gasteiger partial charge in [-0.1, -0.05) is 13.0 Å². The molecule has 21 heavy (non-hydrogen) atoms. The third-order valence-corrected chi connectivity index (χ3v) is 3.28. The molecule has 0 aliphatic carbocycles. The largest absolute Gasteiger partial charge is 0.460 e. The molecule has 5 heteroatoms. The summed E-state index contributed by atoms with van der Waals surface area (Å²) in [4.78, 5) is 0. The Kier molecular flexibility index (Phi) is 5.47. The van der Waals surface area contributed by atoms with Crippen LogP contribution < -0.4 is 5.32 Å². The Morgan fingerprint density at radius 3 is 2.57 bits per heavy atom. The molecule has 0 aliphatic heterocycles. The fraction of sp³-hybridized carbons (Fsp3) is 0.375. The van der Waals surface area contributed by atoms with Gasteiger partial charge >= 0.3 is 0 Å². The van der Waals surface area contributed by atoms with Gasteiger partial charge in [0.1, 0.15) is 23.2 Å². The minimum Gasteiger partial charge on any atom is -0.460 e. The number of hydrogen-bond donors (Lipinski definition) is 2. The normalized spacial score (nSPS) is 12.6. The predicted molar refractivity (Wildman–Crippen MR) is 76.6 cm³/mol. The summed E-state index contributed by atoms with van der Waals surface area (Å²) in [6.07, 6.45) is 0.733. The van der Waals surface area contributed by atoms with Crippen molar-refractivity contribution in [2.24, 2.45) is 5.92 Å². The quantitative estimate of drug-likeness (QED) is 0.823. The second-order valence-electron chi connectivity index (χ2n) is 5.11. The van der Waals surface area contributed by atoms with Crippen molar-refractivity contribution in [3.8, 4) is 11.3 Å². The van der Waals surface area contributed by atoms with Crippen molar-refractivity contribution in [2.75, 3.05) is 13.2 Å². The van der Waals surface area contributed by atoms with Crippen molar-refractivity contribution in [1.29, 1.82) is 0 Å². The first-order chi connectivity index (χ1) is 10.1. The Balaban J connectivity index is 1.99. The molecule has 2 aromatic rings. The van der Waals surface area contributed by atoms with Crippen LogP contribution in [0, 0.1) is 17.6 Å². The van der Waals surface area contributed by atoms with E-state index in [9.17, 15) is 8.78 Å². The molecule has 0 saturated carbocycles. The highest BCUT2D eigenvalue weighted by atomic mass is 19.1. The maximum Gasteiger partial charge on any atom is 0.140 e. The molecule has 2 N–H and O–H groups in total. The topological polar surface area (TPSA) is 45.4 Å². The van der Waals surface area contributed by atoms with Crippen molar-refractivity contribution >= 4 is 0 Å². The summed E-state index contributed by atoms with van der Waals surface area (Å²) < 4.78 is 32.8. The Labute approximate surface area is 122 Å². The lowest BCUT2D eigenvalue weighted by Crippen LogP contribution is -2.21. The standard InChI is InChI=1S/C16H19F2NO2/c1-11(7-8-20)9-19-10-12-5-6-15(21-12)16-13(17)3-2-4-14(16)18/h2-6,11,19-20H,7-10H2,1H3. The second kappa shape index (κ2) is 7.33. The van der Waals surface area contributed by atoms with E-state index in [4.69, 9.17) is 9.52 Å². The zero-order valence-corrected chi connectivity index (χ0v) is 11.9. The van der Waals surface area contributed by atoms with E-state index in [1.807, 2.05) is 6.92 Å². The van der Waals surface area contributed by atoms with Crippen molar-refractivity contribution in [3.63, 3.8) is 0 Å². The van der Waals surface area contributed by atoms with E-state index in [1.54, 1.807) is 12.1 Å². The molecule has 3 nitrogen and oxygen atoms in total. The van der Waals surface area contributed by atoms with E-state index in [2.05, 4.69) is 5.32 Å². The summed E-state index contributed by atoms with van der Waals surface area (Å²) >= 11 is 0. The monoisotopic (exact) mass is 295 g/mol. The van der Waals surface area contributed by atoms with Gasteiger partial charge in [-0.2, -0.15) is 0 Å². The van der Waals surface area contributed by atoms with Crippen LogP contribution in [0.4, 0.5) is 8.78 Å². The number of hydrogen-bond acceptors (Lipinski definition) is 3. The summed E-state index contributed by atoms with van der Waals surface area (Å²) in [5.74, 6) is -0.121. The van der Waals surface area contributed by atoms with Crippen LogP contribution in [0.1, 0.15) is 19.1 Å². The summed E-state index contributed by atoms with van der Waals surface area (Å²) in [6, 6.07) is 6.99. The molecule has 0 saturated heterocycles. The minimum absolute atomic E-state index is 0.141. The molecular formula is C16H19F2NO2. The smallest absolute Gasteiger partial charge is 0.140 e. The van der Waals surface area contributed by atoms with Crippen LogP contribution in [0.5, 0.6) is 0 Å². The molecule has 1 aromatic heterocycles. The Hall–Kier alpha value is -1.72. The Morgan fingerprint density at radius 2 is 1.90 bits per heavy atom. The number of rotatable bonds is 7. The van der Waals surface area contributed by atoms with E-state index < -0.39 is 11.6 Å². The van der Waals surface area contributed by atoms with E-state index in [0.29, 0.717) is 18.2 Å². The first kappa shape index (κ1) is 15.7. The summed E-state index contributed by atoms with van der Waals surface area (Å²) in [5.41, 5.74) is -0.141. The SMILES string of the molecule is CC(CCO)CNCc1ccc(-c2c(F)cccc2F)o1. The first-order valence-corrected chi connectivity index (χ1v) is 6.96. The molecule has 2 rings (SSSR count). The number of nitrogens with one attached hydrogen (secondary N) is 1. The van der Waals surface area contributed by atoms with Crippen LogP contribution >= 0.6 is 0 Å². The van der Waals surface area contributed by atoms with E-state index in [-0.39, 0.29) is 17.9 Å². The highest BCUT2D eigenvalue weighted by Gasteiger charge is 2.14. The summed E-state index contributed by atoms with van der Waals surface area (Å²) in [6.45, 7) is 3.42. The molecular weight excluding hydrogens is 276 g/mol. The lowest BCUT2D eigenvalue weighted by atomic mass is 10.1. The number of benzene rings is 1. The van der Waals surface area contributed by atoms with Crippen LogP contribution in [0.25, 0.3) is 11.3 Å². The van der Waals surface area contributed by atoms with Crippen molar-refractivity contribution in [3.05, 3.63) is 47.7 Å². The maximum absolute atomic E-state index is 13.6. The highest BCUT2D eigenvalue weighted by Crippen LogP contribution is 2.27. The van der Waals surface area contributed by atoms with E-state index in [1.165, 1.54) is 18.2 Å². The predicted octanol–water partition coefficient (Wildman–Crippen LogP) is 3.33. The van der Waals surface area contributed by atoms with Crippen molar-refractivity contribution in [1.82, 2.24) is 5.32 Å². The minimum atomic E-state index is -0.638. The van der Waals surface area contributed by atoms with E-state index in [0.717, 1.165) is 13.0 Å². The van der Waals surface area contributed by atoms with Crippen LogP contribution in [0.3, 0.4) is 0 Å². The number of aliphatic hydroxyl groups excluding tert-OH is 1. The third kappa shape index (κ3) is 4.12. The molecule has 114 valence electrons. The average Bonchev–Trinajstić information content (AvgIpc) is 2.87. The van der Waals surface area contributed by atoms with Gasteiger partial charge in [-0.15, -0.1) is 0 Å². The zero-order valence-electron chi connectivity index (χ0n) is 11.9. The highest BCUT2D eigenvalue weighted by molar-refractivity contribution is 5.59. The number of furan rings is 1. The fourth-order valence-corrected chi connectivity index (χ4v) is 2.10. The third-order valence-electron chi connectivity index (χ3n) is 3.28. The van der Waals surface area contributed by atoms with Crippen molar-refractivity contribution in [2.45, 2.75) is 19.9 Å². The van der Waals surface area contributed by atoms with Crippen LogP contribution in [0.2, 0.25) is 0 Å². The summed E-state index contributed by atoms with van der Waals surface area (Å²) in [7, 11) is 0. The molecule has 1 aromatic carbocycles.